The largest absolute Gasteiger partial charge is 0.418 e. The Balaban J connectivity index is 0.799. The number of hydrogen-bond donors (Lipinski definition) is 2. The minimum Gasteiger partial charge on any atom is -0.368 e. The van der Waals surface area contributed by atoms with Gasteiger partial charge in [-0.15, -0.1) is 0 Å². The van der Waals surface area contributed by atoms with Crippen LogP contribution in [0, 0.1) is 24.6 Å². The Kier molecular flexibility index (Phi) is 11.2. The Morgan fingerprint density at radius 1 is 0.906 bits per heavy atom. The molecule has 0 saturated carbocycles. The number of aromatic nitrogens is 3. The Morgan fingerprint density at radius 3 is 2.44 bits per heavy atom. The average molecular weight is 876 g/mol. The van der Waals surface area contributed by atoms with Gasteiger partial charge in [-0.2, -0.15) is 18.3 Å². The number of alkyl halides is 3. The highest BCUT2D eigenvalue weighted by molar-refractivity contribution is 6.23. The number of imide groups is 2. The maximum Gasteiger partial charge on any atom is 0.418 e. The van der Waals surface area contributed by atoms with Gasteiger partial charge in [-0.1, -0.05) is 18.1 Å². The molecule has 3 aromatic carbocycles. The molecule has 3 saturated heterocycles. The highest BCUT2D eigenvalue weighted by atomic mass is 19.4. The van der Waals surface area contributed by atoms with Gasteiger partial charge in [-0.3, -0.25) is 44.0 Å². The van der Waals surface area contributed by atoms with Gasteiger partial charge in [-0.05, 0) is 99.3 Å². The van der Waals surface area contributed by atoms with Gasteiger partial charge in [0.05, 0.1) is 22.9 Å². The van der Waals surface area contributed by atoms with Crippen LogP contribution in [0.5, 0.6) is 0 Å². The van der Waals surface area contributed by atoms with E-state index < -0.39 is 53.1 Å². The lowest BCUT2D eigenvalue weighted by Gasteiger charge is -2.43. The van der Waals surface area contributed by atoms with Gasteiger partial charge >= 0.3 is 6.18 Å². The van der Waals surface area contributed by atoms with Gasteiger partial charge in [0.1, 0.15) is 17.6 Å². The van der Waals surface area contributed by atoms with Crippen LogP contribution in [-0.2, 0) is 22.3 Å². The van der Waals surface area contributed by atoms with Crippen LogP contribution < -0.4 is 15.5 Å². The van der Waals surface area contributed by atoms with Crippen LogP contribution in [0.25, 0.3) is 5.65 Å². The van der Waals surface area contributed by atoms with Gasteiger partial charge in [0.25, 0.3) is 17.7 Å². The molecular weight excluding hydrogens is 835 g/mol. The van der Waals surface area contributed by atoms with Gasteiger partial charge in [0.2, 0.25) is 11.8 Å². The van der Waals surface area contributed by atoms with Crippen LogP contribution in [0.1, 0.15) is 84.7 Å². The molecule has 5 amide bonds. The maximum atomic E-state index is 15.9. The second kappa shape index (κ2) is 17.0. The topological polar surface area (TPSA) is 153 Å². The number of imidazole rings is 1. The molecule has 1 unspecified atom stereocenters. The standard InChI is InChI=1S/C46H41F4N9O5/c1-27-4-5-29(23-28(27)6-9-33-25-51-38-3-2-16-52-59(33)38)42(61)53-31-8-11-36(35(24-31)46(48,49)50)57-21-19-56(20-22-57)32-14-17-55(18-15-32)26-30-7-10-34-40(41(30)47)45(64)58(44(34)63)37-12-13-39(60)54-43(37)62/h2-5,7-8,10-11,16,23-25,32,37H,12-15,17-22,26H2,1H3,(H,53,61)(H,54,60,62). The quantitative estimate of drug-likeness (QED) is 0.129. The second-order valence-electron chi connectivity index (χ2n) is 16.3. The lowest BCUT2D eigenvalue weighted by Crippen LogP contribution is -2.54. The molecule has 328 valence electrons. The van der Waals surface area contributed by atoms with Crippen LogP contribution in [0.2, 0.25) is 0 Å². The van der Waals surface area contributed by atoms with Crippen molar-refractivity contribution in [3.8, 4) is 11.8 Å². The van der Waals surface area contributed by atoms with Gasteiger partial charge < -0.3 is 10.2 Å². The minimum atomic E-state index is -4.69. The maximum absolute atomic E-state index is 15.9. The molecule has 4 aliphatic heterocycles. The predicted octanol–water partition coefficient (Wildman–Crippen LogP) is 5.04. The molecule has 6 heterocycles. The lowest BCUT2D eigenvalue weighted by atomic mass is 10.00. The van der Waals surface area contributed by atoms with Crippen molar-refractivity contribution in [2.75, 3.05) is 49.5 Å². The van der Waals surface area contributed by atoms with Crippen molar-refractivity contribution in [2.45, 2.75) is 57.4 Å². The number of fused-ring (bicyclic) bond motifs is 2. The molecule has 14 nitrogen and oxygen atoms in total. The molecule has 4 aliphatic rings. The fourth-order valence-corrected chi connectivity index (χ4v) is 8.96. The van der Waals surface area contributed by atoms with E-state index in [1.807, 2.05) is 6.92 Å². The summed E-state index contributed by atoms with van der Waals surface area (Å²) in [6.07, 6.45) is -0.0632. The van der Waals surface area contributed by atoms with Crippen molar-refractivity contribution in [3.63, 3.8) is 0 Å². The van der Waals surface area contributed by atoms with Crippen LogP contribution in [-0.4, -0.2) is 110 Å². The first kappa shape index (κ1) is 42.3. The smallest absolute Gasteiger partial charge is 0.368 e. The van der Waals surface area contributed by atoms with Crippen molar-refractivity contribution < 1.29 is 41.5 Å². The first-order valence-corrected chi connectivity index (χ1v) is 20.9. The molecule has 2 N–H and O–H groups in total. The summed E-state index contributed by atoms with van der Waals surface area (Å²) in [4.78, 5) is 74.8. The zero-order chi connectivity index (χ0) is 44.9. The predicted molar refractivity (Wildman–Crippen MR) is 225 cm³/mol. The number of nitrogens with one attached hydrogen (secondary N) is 2. The van der Waals surface area contributed by atoms with Crippen LogP contribution in [0.3, 0.4) is 0 Å². The lowest BCUT2D eigenvalue weighted by molar-refractivity contribution is -0.137. The summed E-state index contributed by atoms with van der Waals surface area (Å²) in [5, 5.41) is 9.02. The van der Waals surface area contributed by atoms with E-state index in [4.69, 9.17) is 0 Å². The van der Waals surface area contributed by atoms with E-state index in [1.165, 1.54) is 24.3 Å². The summed E-state index contributed by atoms with van der Waals surface area (Å²) in [5.74, 6) is 1.76. The monoisotopic (exact) mass is 875 g/mol. The third kappa shape index (κ3) is 8.19. The number of likely N-dealkylation sites (tertiary alicyclic amines) is 1. The van der Waals surface area contributed by atoms with Gasteiger partial charge in [0, 0.05) is 79.4 Å². The number of anilines is 2. The zero-order valence-electron chi connectivity index (χ0n) is 34.5. The molecule has 2 aromatic heterocycles. The molecule has 5 aromatic rings. The van der Waals surface area contributed by atoms with E-state index in [9.17, 15) is 37.1 Å². The highest BCUT2D eigenvalue weighted by Gasteiger charge is 2.46. The normalized spacial score (nSPS) is 18.9. The first-order valence-electron chi connectivity index (χ1n) is 20.9. The number of piperidine rings is 2. The summed E-state index contributed by atoms with van der Waals surface area (Å²) in [6, 6.07) is 14.2. The highest BCUT2D eigenvalue weighted by Crippen LogP contribution is 2.39. The SMILES string of the molecule is Cc1ccc(C(=O)Nc2ccc(N3CCN(C4CCN(Cc5ccc6c(c5F)C(=O)N(C5CCC(=O)NC5=O)C6=O)CC4)CC3)c(C(F)(F)F)c2)cc1C#Cc1cnc2cccnn12. The van der Waals surface area contributed by atoms with E-state index in [1.54, 1.807) is 52.1 Å². The third-order valence-corrected chi connectivity index (χ3v) is 12.4. The Bertz CT molecular complexity index is 2800. The molecule has 9 rings (SSSR count). The van der Waals surface area contributed by atoms with E-state index in [0.717, 1.165) is 29.4 Å². The van der Waals surface area contributed by atoms with Crippen molar-refractivity contribution in [1.29, 1.82) is 0 Å². The van der Waals surface area contributed by atoms with Gasteiger partial charge in [0.15, 0.2) is 5.65 Å². The molecule has 64 heavy (non-hydrogen) atoms. The number of carbonyl (C=O) groups is 5. The molecule has 18 heteroatoms. The fraction of sp³-hybridized carbons (Fsp3) is 0.326. The molecule has 0 bridgehead atoms. The minimum absolute atomic E-state index is 0.00513. The Hall–Kier alpha value is -6.97. The number of benzene rings is 3. The summed E-state index contributed by atoms with van der Waals surface area (Å²) in [6.45, 7) is 5.04. The second-order valence-corrected chi connectivity index (χ2v) is 16.3. The molecule has 0 radical (unpaired) electrons. The number of carbonyl (C=O) groups excluding carboxylic acids is 5. The number of aryl methyl sites for hydroxylation is 1. The van der Waals surface area contributed by atoms with Crippen LogP contribution in [0.15, 0.2) is 73.1 Å². The zero-order valence-corrected chi connectivity index (χ0v) is 34.5. The summed E-state index contributed by atoms with van der Waals surface area (Å²) in [5.41, 5.74) is 1.75. The number of halogens is 4. The summed E-state index contributed by atoms with van der Waals surface area (Å²) < 4.78 is 61.2. The van der Waals surface area contributed by atoms with E-state index in [0.29, 0.717) is 56.2 Å². The number of piperazine rings is 1. The van der Waals surface area contributed by atoms with Crippen LogP contribution >= 0.6 is 0 Å². The van der Waals surface area contributed by atoms with E-state index in [-0.39, 0.29) is 59.1 Å². The Labute approximate surface area is 364 Å². The number of nitrogens with zero attached hydrogens (tertiary/aromatic N) is 7. The Morgan fingerprint density at radius 2 is 1.69 bits per heavy atom. The fourth-order valence-electron chi connectivity index (χ4n) is 8.96. The average Bonchev–Trinajstić information content (AvgIpc) is 3.81. The molecule has 0 aliphatic carbocycles. The molecule has 3 fully saturated rings. The number of rotatable bonds is 7. The third-order valence-electron chi connectivity index (χ3n) is 12.4. The molecule has 0 spiro atoms. The van der Waals surface area contributed by atoms with Crippen molar-refractivity contribution >= 4 is 46.6 Å². The van der Waals surface area contributed by atoms with E-state index >= 15 is 4.39 Å². The molecular formula is C46H41F4N9O5. The summed E-state index contributed by atoms with van der Waals surface area (Å²) >= 11 is 0. The van der Waals surface area contributed by atoms with Crippen molar-refractivity contribution in [2.24, 2.45) is 0 Å². The number of hydrogen-bond acceptors (Lipinski definition) is 10. The number of amides is 5. The molecule has 1 atom stereocenters. The van der Waals surface area contributed by atoms with Crippen LogP contribution in [0.4, 0.5) is 28.9 Å². The summed E-state index contributed by atoms with van der Waals surface area (Å²) in [7, 11) is 0. The van der Waals surface area contributed by atoms with Crippen molar-refractivity contribution in [1.82, 2.24) is 34.6 Å². The van der Waals surface area contributed by atoms with E-state index in [2.05, 4.69) is 42.4 Å². The van der Waals surface area contributed by atoms with Crippen molar-refractivity contribution in [3.05, 3.63) is 124 Å². The first-order chi connectivity index (χ1) is 30.7. The van der Waals surface area contributed by atoms with Gasteiger partial charge in [-0.25, -0.2) is 13.9 Å².